The minimum Gasteiger partial charge on any atom is -0.354 e. The van der Waals surface area contributed by atoms with Crippen molar-refractivity contribution in [3.8, 4) is 0 Å². The Hall–Kier alpha value is -3.03. The van der Waals surface area contributed by atoms with Crippen LogP contribution in [0.4, 0.5) is 5.82 Å². The normalized spacial score (nSPS) is 15.4. The van der Waals surface area contributed by atoms with Gasteiger partial charge in [-0.1, -0.05) is 0 Å². The van der Waals surface area contributed by atoms with Gasteiger partial charge in [-0.05, 0) is 18.6 Å². The molecule has 0 aliphatic carbocycles. The minimum absolute atomic E-state index is 0.0146. The molecule has 3 aromatic heterocycles. The first kappa shape index (κ1) is 15.5. The highest BCUT2D eigenvalue weighted by molar-refractivity contribution is 5.92. The number of carbonyl (C=O) groups excluding carboxylic acids is 1. The van der Waals surface area contributed by atoms with Gasteiger partial charge in [-0.15, -0.1) is 0 Å². The molecule has 1 amide bonds. The number of nitrogens with zero attached hydrogens (tertiary/aromatic N) is 7. The smallest absolute Gasteiger partial charge is 0.274 e. The SMILES string of the molecule is Cn1ccc(C(=O)N2CCCN(c3ncnc4cnccc34)CC2)n1. The lowest BCUT2D eigenvalue weighted by Gasteiger charge is -2.23. The highest BCUT2D eigenvalue weighted by atomic mass is 16.2. The first-order valence-corrected chi connectivity index (χ1v) is 8.31. The molecule has 0 unspecified atom stereocenters. The summed E-state index contributed by atoms with van der Waals surface area (Å²) in [6.45, 7) is 2.94. The van der Waals surface area contributed by atoms with Crippen LogP contribution in [0, 0.1) is 0 Å². The van der Waals surface area contributed by atoms with Gasteiger partial charge in [0.05, 0.1) is 11.7 Å². The van der Waals surface area contributed by atoms with E-state index in [1.165, 1.54) is 0 Å². The molecule has 1 saturated heterocycles. The van der Waals surface area contributed by atoms with E-state index in [1.807, 2.05) is 18.0 Å². The zero-order valence-electron chi connectivity index (χ0n) is 14.0. The van der Waals surface area contributed by atoms with Crippen molar-refractivity contribution in [1.29, 1.82) is 0 Å². The fourth-order valence-corrected chi connectivity index (χ4v) is 3.17. The third-order valence-corrected chi connectivity index (χ3v) is 4.43. The average molecular weight is 337 g/mol. The molecule has 0 N–H and O–H groups in total. The molecule has 4 heterocycles. The van der Waals surface area contributed by atoms with Crippen LogP contribution in [-0.4, -0.2) is 61.7 Å². The van der Waals surface area contributed by atoms with Gasteiger partial charge in [0.1, 0.15) is 17.8 Å². The van der Waals surface area contributed by atoms with Gasteiger partial charge in [0.25, 0.3) is 5.91 Å². The highest BCUT2D eigenvalue weighted by Gasteiger charge is 2.23. The van der Waals surface area contributed by atoms with E-state index in [0.29, 0.717) is 12.2 Å². The van der Waals surface area contributed by atoms with E-state index in [0.717, 1.165) is 42.8 Å². The van der Waals surface area contributed by atoms with Gasteiger partial charge in [0.2, 0.25) is 0 Å². The molecule has 1 fully saturated rings. The number of amides is 1. The number of hydrogen-bond donors (Lipinski definition) is 0. The maximum atomic E-state index is 12.6. The first-order chi connectivity index (χ1) is 12.2. The van der Waals surface area contributed by atoms with Crippen molar-refractivity contribution in [1.82, 2.24) is 29.6 Å². The molecule has 0 spiro atoms. The second kappa shape index (κ2) is 6.46. The number of pyridine rings is 1. The third kappa shape index (κ3) is 3.02. The van der Waals surface area contributed by atoms with Crippen LogP contribution in [0.25, 0.3) is 10.9 Å². The van der Waals surface area contributed by atoms with E-state index in [-0.39, 0.29) is 5.91 Å². The molecule has 1 aliphatic heterocycles. The Balaban J connectivity index is 1.54. The molecule has 8 nitrogen and oxygen atoms in total. The fourth-order valence-electron chi connectivity index (χ4n) is 3.17. The molecule has 4 rings (SSSR count). The summed E-state index contributed by atoms with van der Waals surface area (Å²) in [5.41, 5.74) is 1.33. The molecule has 25 heavy (non-hydrogen) atoms. The second-order valence-electron chi connectivity index (χ2n) is 6.10. The molecule has 0 radical (unpaired) electrons. The van der Waals surface area contributed by atoms with Gasteiger partial charge >= 0.3 is 0 Å². The summed E-state index contributed by atoms with van der Waals surface area (Å²) in [5.74, 6) is 0.888. The number of aromatic nitrogens is 5. The lowest BCUT2D eigenvalue weighted by Crippen LogP contribution is -2.35. The summed E-state index contributed by atoms with van der Waals surface area (Å²) in [7, 11) is 1.82. The van der Waals surface area contributed by atoms with Crippen LogP contribution < -0.4 is 4.90 Å². The van der Waals surface area contributed by atoms with E-state index >= 15 is 0 Å². The number of fused-ring (bicyclic) bond motifs is 1. The lowest BCUT2D eigenvalue weighted by atomic mass is 10.2. The third-order valence-electron chi connectivity index (χ3n) is 4.43. The van der Waals surface area contributed by atoms with Gasteiger partial charge in [-0.2, -0.15) is 5.10 Å². The second-order valence-corrected chi connectivity index (χ2v) is 6.10. The highest BCUT2D eigenvalue weighted by Crippen LogP contribution is 2.23. The van der Waals surface area contributed by atoms with Crippen LogP contribution >= 0.6 is 0 Å². The van der Waals surface area contributed by atoms with Crippen molar-refractivity contribution in [2.45, 2.75) is 6.42 Å². The Labute approximate surface area is 145 Å². The fraction of sp³-hybridized carbons (Fsp3) is 0.353. The molecule has 1 aliphatic rings. The Morgan fingerprint density at radius 2 is 2.04 bits per heavy atom. The van der Waals surface area contributed by atoms with Crippen molar-refractivity contribution in [2.24, 2.45) is 7.05 Å². The van der Waals surface area contributed by atoms with Crippen molar-refractivity contribution >= 4 is 22.6 Å². The minimum atomic E-state index is -0.0146. The Morgan fingerprint density at radius 3 is 2.88 bits per heavy atom. The van der Waals surface area contributed by atoms with Crippen molar-refractivity contribution < 1.29 is 4.79 Å². The molecule has 0 atom stereocenters. The number of anilines is 1. The molecule has 0 bridgehead atoms. The average Bonchev–Trinajstić information content (AvgIpc) is 2.93. The van der Waals surface area contributed by atoms with E-state index in [9.17, 15) is 4.79 Å². The topological polar surface area (TPSA) is 80.0 Å². The summed E-state index contributed by atoms with van der Waals surface area (Å²) in [5, 5.41) is 5.21. The Bertz CT molecular complexity index is 901. The van der Waals surface area contributed by atoms with E-state index in [2.05, 4.69) is 25.0 Å². The van der Waals surface area contributed by atoms with Gasteiger partial charge in [0.15, 0.2) is 0 Å². The van der Waals surface area contributed by atoms with E-state index < -0.39 is 0 Å². The van der Waals surface area contributed by atoms with Crippen molar-refractivity contribution in [3.63, 3.8) is 0 Å². The summed E-state index contributed by atoms with van der Waals surface area (Å²) in [6, 6.07) is 3.70. The van der Waals surface area contributed by atoms with Gasteiger partial charge in [-0.3, -0.25) is 14.5 Å². The van der Waals surface area contributed by atoms with E-state index in [1.54, 1.807) is 35.7 Å². The monoisotopic (exact) mass is 337 g/mol. The van der Waals surface area contributed by atoms with Crippen molar-refractivity contribution in [2.75, 3.05) is 31.1 Å². The predicted molar refractivity (Wildman–Crippen MR) is 93.3 cm³/mol. The number of aryl methyl sites for hydroxylation is 1. The van der Waals surface area contributed by atoms with Crippen LogP contribution in [0.3, 0.4) is 0 Å². The number of hydrogen-bond acceptors (Lipinski definition) is 6. The molecule has 0 aromatic carbocycles. The van der Waals surface area contributed by atoms with Gasteiger partial charge in [0, 0.05) is 51.0 Å². The largest absolute Gasteiger partial charge is 0.354 e. The molecule has 128 valence electrons. The maximum Gasteiger partial charge on any atom is 0.274 e. The predicted octanol–water partition coefficient (Wildman–Crippen LogP) is 1.11. The standard InChI is InChI=1S/C17H19N7O/c1-22-8-4-14(21-22)17(25)24-7-2-6-23(9-10-24)16-13-3-5-18-11-15(13)19-12-20-16/h3-5,8,11-12H,2,6-7,9-10H2,1H3. The number of carbonyl (C=O) groups is 1. The van der Waals surface area contributed by atoms with Crippen LogP contribution in [0.5, 0.6) is 0 Å². The Morgan fingerprint density at radius 1 is 1.12 bits per heavy atom. The molecule has 8 heteroatoms. The van der Waals surface area contributed by atoms with Gasteiger partial charge < -0.3 is 9.80 Å². The first-order valence-electron chi connectivity index (χ1n) is 8.31. The zero-order chi connectivity index (χ0) is 17.2. The molecular formula is C17H19N7O. The summed E-state index contributed by atoms with van der Waals surface area (Å²) >= 11 is 0. The van der Waals surface area contributed by atoms with Crippen LogP contribution in [0.2, 0.25) is 0 Å². The summed E-state index contributed by atoms with van der Waals surface area (Å²) in [6.07, 6.45) is 7.74. The Kier molecular flexibility index (Phi) is 4.01. The van der Waals surface area contributed by atoms with Crippen LogP contribution in [-0.2, 0) is 7.05 Å². The maximum absolute atomic E-state index is 12.6. The van der Waals surface area contributed by atoms with Crippen LogP contribution in [0.1, 0.15) is 16.9 Å². The molecular weight excluding hydrogens is 318 g/mol. The van der Waals surface area contributed by atoms with E-state index in [4.69, 9.17) is 0 Å². The molecule has 0 saturated carbocycles. The van der Waals surface area contributed by atoms with Crippen molar-refractivity contribution in [3.05, 3.63) is 42.7 Å². The number of rotatable bonds is 2. The summed E-state index contributed by atoms with van der Waals surface area (Å²) in [4.78, 5) is 29.6. The lowest BCUT2D eigenvalue weighted by molar-refractivity contribution is 0.0760. The summed E-state index contributed by atoms with van der Waals surface area (Å²) < 4.78 is 1.65. The van der Waals surface area contributed by atoms with Gasteiger partial charge in [-0.25, -0.2) is 9.97 Å². The zero-order valence-corrected chi connectivity index (χ0v) is 14.0. The quantitative estimate of drug-likeness (QED) is 0.697. The van der Waals surface area contributed by atoms with Crippen LogP contribution in [0.15, 0.2) is 37.1 Å². The molecule has 3 aromatic rings.